The van der Waals surface area contributed by atoms with Crippen LogP contribution in [0.1, 0.15) is 51.4 Å². The third-order valence-electron chi connectivity index (χ3n) is 3.00. The van der Waals surface area contributed by atoms with Gasteiger partial charge in [-0.15, -0.1) is 0 Å². The molecule has 0 amide bonds. The summed E-state index contributed by atoms with van der Waals surface area (Å²) in [5.41, 5.74) is 0. The van der Waals surface area contributed by atoms with Crippen molar-refractivity contribution in [3.63, 3.8) is 0 Å². The van der Waals surface area contributed by atoms with E-state index < -0.39 is 22.3 Å². The van der Waals surface area contributed by atoms with Gasteiger partial charge in [0, 0.05) is 19.4 Å². The molecule has 1 atom stereocenters. The minimum absolute atomic E-state index is 0.0210. The van der Waals surface area contributed by atoms with Gasteiger partial charge in [0.1, 0.15) is 0 Å². The first-order valence-electron chi connectivity index (χ1n) is 6.98. The van der Waals surface area contributed by atoms with Crippen molar-refractivity contribution in [2.75, 3.05) is 12.4 Å². The lowest BCUT2D eigenvalue weighted by Gasteiger charge is -2.22. The zero-order valence-corrected chi connectivity index (χ0v) is 12.4. The number of carboxylic acid groups (broad SMARTS) is 1. The van der Waals surface area contributed by atoms with Gasteiger partial charge >= 0.3 is 5.97 Å². The highest BCUT2D eigenvalue weighted by Crippen LogP contribution is 2.13. The average Bonchev–Trinajstić information content (AvgIpc) is 2.41. The fourth-order valence-corrected chi connectivity index (χ4v) is 2.82. The molecular formula is C12H23NO6S. The lowest BCUT2D eigenvalue weighted by atomic mass is 10.2. The molecule has 8 heteroatoms. The lowest BCUT2D eigenvalue weighted by molar-refractivity contribution is -0.179. The van der Waals surface area contributed by atoms with E-state index in [1.165, 1.54) is 0 Å². The SMILES string of the molecule is O=C(O)CCCCCCS(=O)(=O)NOC1CCCCO1. The molecule has 1 rings (SSSR count). The summed E-state index contributed by atoms with van der Waals surface area (Å²) in [7, 11) is -3.45. The van der Waals surface area contributed by atoms with Crippen LogP contribution in [0.5, 0.6) is 0 Å². The maximum atomic E-state index is 11.6. The predicted octanol–water partition coefficient (Wildman–Crippen LogP) is 1.40. The number of carbonyl (C=O) groups is 1. The minimum Gasteiger partial charge on any atom is -0.481 e. The average molecular weight is 309 g/mol. The minimum atomic E-state index is -3.45. The zero-order valence-electron chi connectivity index (χ0n) is 11.5. The molecule has 1 aliphatic heterocycles. The van der Waals surface area contributed by atoms with Crippen molar-refractivity contribution in [3.8, 4) is 0 Å². The van der Waals surface area contributed by atoms with Gasteiger partial charge in [-0.3, -0.25) is 9.63 Å². The molecule has 1 heterocycles. The van der Waals surface area contributed by atoms with Gasteiger partial charge in [-0.2, -0.15) is 0 Å². The molecule has 0 radical (unpaired) electrons. The van der Waals surface area contributed by atoms with Crippen molar-refractivity contribution in [1.82, 2.24) is 4.89 Å². The number of ether oxygens (including phenoxy) is 1. The van der Waals surface area contributed by atoms with Crippen molar-refractivity contribution in [2.24, 2.45) is 0 Å². The molecule has 0 aromatic rings. The number of hydrogen-bond donors (Lipinski definition) is 2. The molecule has 0 aromatic carbocycles. The Bertz CT molecular complexity index is 377. The number of carboxylic acids is 1. The summed E-state index contributed by atoms with van der Waals surface area (Å²) in [5.74, 6) is -0.840. The first-order valence-corrected chi connectivity index (χ1v) is 8.63. The number of aliphatic carboxylic acids is 1. The van der Waals surface area contributed by atoms with E-state index in [1.54, 1.807) is 0 Å². The summed E-state index contributed by atoms with van der Waals surface area (Å²) >= 11 is 0. The van der Waals surface area contributed by atoms with Crippen LogP contribution in [0, 0.1) is 0 Å². The van der Waals surface area contributed by atoms with Gasteiger partial charge in [-0.25, -0.2) is 8.42 Å². The van der Waals surface area contributed by atoms with Gasteiger partial charge in [-0.05, 0) is 25.7 Å². The van der Waals surface area contributed by atoms with Gasteiger partial charge in [0.05, 0.1) is 5.75 Å². The molecule has 1 fully saturated rings. The lowest BCUT2D eigenvalue weighted by Crippen LogP contribution is -2.34. The van der Waals surface area contributed by atoms with E-state index >= 15 is 0 Å². The fourth-order valence-electron chi connectivity index (χ4n) is 1.89. The van der Waals surface area contributed by atoms with Crippen molar-refractivity contribution in [1.29, 1.82) is 0 Å². The first kappa shape index (κ1) is 17.4. The summed E-state index contributed by atoms with van der Waals surface area (Å²) in [5, 5.41) is 8.46. The van der Waals surface area contributed by atoms with Crippen LogP contribution in [0.15, 0.2) is 0 Å². The van der Waals surface area contributed by atoms with Crippen LogP contribution in [0.3, 0.4) is 0 Å². The Hall–Kier alpha value is -0.700. The second kappa shape index (κ2) is 9.28. The van der Waals surface area contributed by atoms with E-state index in [1.807, 2.05) is 0 Å². The standard InChI is InChI=1S/C12H23NO6S/c14-11(15)7-3-1-2-6-10-20(16,17)13-19-12-8-4-5-9-18-12/h12-13H,1-10H2,(H,14,15). The second-order valence-corrected chi connectivity index (χ2v) is 6.68. The molecule has 0 saturated carbocycles. The summed E-state index contributed by atoms with van der Waals surface area (Å²) in [4.78, 5) is 17.4. The van der Waals surface area contributed by atoms with Gasteiger partial charge in [0.2, 0.25) is 10.0 Å². The van der Waals surface area contributed by atoms with Crippen molar-refractivity contribution in [3.05, 3.63) is 0 Å². The maximum Gasteiger partial charge on any atom is 0.303 e. The number of hydrogen-bond acceptors (Lipinski definition) is 5. The molecule has 1 unspecified atom stereocenters. The van der Waals surface area contributed by atoms with Crippen LogP contribution in [0.4, 0.5) is 0 Å². The summed E-state index contributed by atoms with van der Waals surface area (Å²) < 4.78 is 28.5. The highest BCUT2D eigenvalue weighted by Gasteiger charge is 2.18. The molecule has 118 valence electrons. The molecule has 0 aromatic heterocycles. The largest absolute Gasteiger partial charge is 0.481 e. The van der Waals surface area contributed by atoms with E-state index in [2.05, 4.69) is 4.89 Å². The summed E-state index contributed by atoms with van der Waals surface area (Å²) in [6.07, 6.45) is 4.75. The Morgan fingerprint density at radius 3 is 2.65 bits per heavy atom. The Morgan fingerprint density at radius 1 is 1.25 bits per heavy atom. The van der Waals surface area contributed by atoms with Gasteiger partial charge in [-0.1, -0.05) is 17.7 Å². The van der Waals surface area contributed by atoms with E-state index in [4.69, 9.17) is 14.7 Å². The molecule has 7 nitrogen and oxygen atoms in total. The molecule has 20 heavy (non-hydrogen) atoms. The second-order valence-electron chi connectivity index (χ2n) is 4.87. The molecule has 0 bridgehead atoms. The van der Waals surface area contributed by atoms with E-state index in [-0.39, 0.29) is 12.2 Å². The van der Waals surface area contributed by atoms with Crippen LogP contribution >= 0.6 is 0 Å². The quantitative estimate of drug-likeness (QED) is 0.467. The van der Waals surface area contributed by atoms with Crippen LogP contribution in [0.25, 0.3) is 0 Å². The first-order chi connectivity index (χ1) is 9.49. The highest BCUT2D eigenvalue weighted by molar-refractivity contribution is 7.89. The highest BCUT2D eigenvalue weighted by atomic mass is 32.2. The third-order valence-corrected chi connectivity index (χ3v) is 4.17. The van der Waals surface area contributed by atoms with Crippen LogP contribution in [-0.4, -0.2) is 38.1 Å². The molecule has 1 saturated heterocycles. The Kier molecular flexibility index (Phi) is 8.05. The van der Waals surface area contributed by atoms with Crippen LogP contribution in [-0.2, 0) is 24.4 Å². The Balaban J connectivity index is 2.06. The molecule has 0 aliphatic carbocycles. The fraction of sp³-hybridized carbons (Fsp3) is 0.917. The van der Waals surface area contributed by atoms with Gasteiger partial charge in [0.25, 0.3) is 0 Å². The van der Waals surface area contributed by atoms with Crippen molar-refractivity contribution >= 4 is 16.0 Å². The van der Waals surface area contributed by atoms with Crippen LogP contribution in [0.2, 0.25) is 0 Å². The van der Waals surface area contributed by atoms with E-state index in [0.29, 0.717) is 38.7 Å². The van der Waals surface area contributed by atoms with Gasteiger partial charge < -0.3 is 9.84 Å². The monoisotopic (exact) mass is 309 g/mol. The van der Waals surface area contributed by atoms with Gasteiger partial charge in [0.15, 0.2) is 6.29 Å². The van der Waals surface area contributed by atoms with E-state index in [0.717, 1.165) is 12.8 Å². The number of sulfonamides is 1. The van der Waals surface area contributed by atoms with Crippen molar-refractivity contribution < 1.29 is 27.9 Å². The summed E-state index contributed by atoms with van der Waals surface area (Å²) in [6, 6.07) is 0. The smallest absolute Gasteiger partial charge is 0.303 e. The predicted molar refractivity (Wildman–Crippen MR) is 72.3 cm³/mol. The Labute approximate surface area is 119 Å². The molecule has 1 aliphatic rings. The zero-order chi connectivity index (χ0) is 14.8. The summed E-state index contributed by atoms with van der Waals surface area (Å²) in [6.45, 7) is 0.593. The molecule has 0 spiro atoms. The third kappa shape index (κ3) is 8.47. The number of nitrogens with one attached hydrogen (secondary N) is 1. The maximum absolute atomic E-state index is 11.6. The molecular weight excluding hydrogens is 286 g/mol. The molecule has 2 N–H and O–H groups in total. The normalized spacial score (nSPS) is 19.9. The topological polar surface area (TPSA) is 102 Å². The number of unbranched alkanes of at least 4 members (excludes halogenated alkanes) is 3. The Morgan fingerprint density at radius 2 is 2.00 bits per heavy atom. The van der Waals surface area contributed by atoms with E-state index in [9.17, 15) is 13.2 Å². The number of rotatable bonds is 10. The van der Waals surface area contributed by atoms with Crippen molar-refractivity contribution in [2.45, 2.75) is 57.7 Å². The van der Waals surface area contributed by atoms with Crippen LogP contribution < -0.4 is 4.89 Å².